The van der Waals surface area contributed by atoms with Gasteiger partial charge in [0.25, 0.3) is 0 Å². The molecule has 2 aliphatic rings. The van der Waals surface area contributed by atoms with Crippen molar-refractivity contribution >= 4 is 28.2 Å². The van der Waals surface area contributed by atoms with Crippen molar-refractivity contribution in [1.82, 2.24) is 10.2 Å². The molecular weight excluding hydrogens is 416 g/mol. The molecule has 2 unspecified atom stereocenters. The summed E-state index contributed by atoms with van der Waals surface area (Å²) in [6, 6.07) is 0.0654. The first-order chi connectivity index (χ1) is 12.6. The smallest absolute Gasteiger partial charge is 0.410 e. The minimum atomic E-state index is -0.541. The van der Waals surface area contributed by atoms with Gasteiger partial charge >= 0.3 is 11.8 Å². The van der Waals surface area contributed by atoms with Crippen molar-refractivity contribution in [2.24, 2.45) is 4.99 Å². The number of nitro groups is 1. The molecule has 27 heavy (non-hydrogen) atoms. The number of alkyl halides is 1. The fourth-order valence-corrected chi connectivity index (χ4v) is 3.65. The van der Waals surface area contributed by atoms with E-state index in [1.807, 2.05) is 27.7 Å². The summed E-state index contributed by atoms with van der Waals surface area (Å²) in [4.78, 5) is 29.6. The molecule has 2 rings (SSSR count). The zero-order valence-electron chi connectivity index (χ0n) is 16.4. The molecule has 3 atom stereocenters. The first-order valence-corrected chi connectivity index (χ1v) is 10.3. The molecule has 1 amide bonds. The van der Waals surface area contributed by atoms with Crippen LogP contribution in [0, 0.1) is 10.1 Å². The van der Waals surface area contributed by atoms with Crippen molar-refractivity contribution in [1.29, 1.82) is 0 Å². The first kappa shape index (κ1) is 21.7. The van der Waals surface area contributed by atoms with Crippen molar-refractivity contribution in [3.63, 3.8) is 0 Å². The van der Waals surface area contributed by atoms with Gasteiger partial charge in [0.15, 0.2) is 0 Å². The van der Waals surface area contributed by atoms with Gasteiger partial charge < -0.3 is 15.0 Å². The third kappa shape index (κ3) is 6.19. The molecule has 0 radical (unpaired) electrons. The van der Waals surface area contributed by atoms with Gasteiger partial charge in [0.1, 0.15) is 11.8 Å². The number of halogens is 1. The molecule has 2 fully saturated rings. The van der Waals surface area contributed by atoms with E-state index in [4.69, 9.17) is 4.74 Å². The number of aliphatic imine (C=N–C) groups is 1. The van der Waals surface area contributed by atoms with E-state index in [0.29, 0.717) is 30.0 Å². The Morgan fingerprint density at radius 1 is 1.41 bits per heavy atom. The average molecular weight is 445 g/mol. The summed E-state index contributed by atoms with van der Waals surface area (Å²) in [5.74, 6) is 0. The number of amides is 1. The number of nitrogens with one attached hydrogen (secondary N) is 1. The molecule has 1 saturated heterocycles. The van der Waals surface area contributed by atoms with Gasteiger partial charge in [-0.2, -0.15) is 0 Å². The van der Waals surface area contributed by atoms with Crippen molar-refractivity contribution in [3.05, 3.63) is 21.5 Å². The average Bonchev–Trinajstić information content (AvgIpc) is 3.02. The van der Waals surface area contributed by atoms with Crippen LogP contribution in [0.2, 0.25) is 0 Å². The van der Waals surface area contributed by atoms with Crippen LogP contribution in [0.3, 0.4) is 0 Å². The van der Waals surface area contributed by atoms with Gasteiger partial charge in [-0.15, -0.1) is 0 Å². The highest BCUT2D eigenvalue weighted by molar-refractivity contribution is 9.09. The van der Waals surface area contributed by atoms with Crippen molar-refractivity contribution in [2.75, 3.05) is 13.1 Å². The number of carbonyl (C=O) groups is 1. The second kappa shape index (κ2) is 9.03. The Bertz CT molecular complexity index is 629. The SMILES string of the molecule is CC/C(NC1CCN(C(=O)OC(C)(C)C)C1)=C(\C=N[C@@H]1CCC1Br)[N+](=O)[O-]. The molecule has 1 N–H and O–H groups in total. The summed E-state index contributed by atoms with van der Waals surface area (Å²) >= 11 is 3.51. The van der Waals surface area contributed by atoms with Crippen LogP contribution in [0.25, 0.3) is 0 Å². The van der Waals surface area contributed by atoms with Gasteiger partial charge in [0.05, 0.1) is 16.7 Å². The second-order valence-electron chi connectivity index (χ2n) is 7.97. The predicted molar refractivity (Wildman–Crippen MR) is 108 cm³/mol. The van der Waals surface area contributed by atoms with Crippen LogP contribution in [-0.4, -0.2) is 57.7 Å². The molecule has 0 bridgehead atoms. The van der Waals surface area contributed by atoms with E-state index >= 15 is 0 Å². The number of nitrogens with zero attached hydrogens (tertiary/aromatic N) is 3. The topological polar surface area (TPSA) is 97.1 Å². The number of hydrogen-bond acceptors (Lipinski definition) is 6. The molecule has 0 aromatic rings. The predicted octanol–water partition coefficient (Wildman–Crippen LogP) is 3.48. The number of rotatable bonds is 6. The summed E-state index contributed by atoms with van der Waals surface area (Å²) in [7, 11) is 0. The van der Waals surface area contributed by atoms with Crippen molar-refractivity contribution in [2.45, 2.75) is 75.9 Å². The van der Waals surface area contributed by atoms with E-state index in [1.165, 1.54) is 6.21 Å². The number of likely N-dealkylation sites (tertiary alicyclic amines) is 1. The van der Waals surface area contributed by atoms with Gasteiger partial charge in [0.2, 0.25) is 0 Å². The molecule has 1 saturated carbocycles. The zero-order valence-corrected chi connectivity index (χ0v) is 18.0. The standard InChI is InChI=1S/C18H29BrN4O4/c1-5-14(16(23(25)26)10-20-15-7-6-13(15)19)21-12-8-9-22(11-12)17(24)27-18(2,3)4/h10,12-13,15,21H,5-9,11H2,1-4H3/b16-14-,20-10?/t12?,13?,15-/m1/s1. The third-order valence-electron chi connectivity index (χ3n) is 4.62. The summed E-state index contributed by atoms with van der Waals surface area (Å²) in [6.45, 7) is 8.40. The Balaban J connectivity index is 2.02. The largest absolute Gasteiger partial charge is 0.444 e. The molecular formula is C18H29BrN4O4. The Morgan fingerprint density at radius 3 is 2.59 bits per heavy atom. The van der Waals surface area contributed by atoms with Gasteiger partial charge in [0, 0.05) is 24.0 Å². The fraction of sp³-hybridized carbons (Fsp3) is 0.778. The molecule has 1 aliphatic carbocycles. The highest BCUT2D eigenvalue weighted by atomic mass is 79.9. The zero-order chi connectivity index (χ0) is 20.2. The highest BCUT2D eigenvalue weighted by Gasteiger charge is 2.31. The van der Waals surface area contributed by atoms with Crippen LogP contribution in [-0.2, 0) is 4.74 Å². The van der Waals surface area contributed by atoms with Crippen molar-refractivity contribution in [3.8, 4) is 0 Å². The molecule has 0 aromatic heterocycles. The lowest BCUT2D eigenvalue weighted by atomic mass is 9.94. The summed E-state index contributed by atoms with van der Waals surface area (Å²) in [5.41, 5.74) is 0.00580. The molecule has 1 heterocycles. The molecule has 152 valence electrons. The van der Waals surface area contributed by atoms with Crippen LogP contribution in [0.1, 0.15) is 53.4 Å². The Kier molecular flexibility index (Phi) is 7.25. The van der Waals surface area contributed by atoms with Crippen LogP contribution >= 0.6 is 15.9 Å². The fourth-order valence-electron chi connectivity index (χ4n) is 2.99. The number of carbonyl (C=O) groups excluding carboxylic acids is 1. The maximum Gasteiger partial charge on any atom is 0.410 e. The Morgan fingerprint density at radius 2 is 2.11 bits per heavy atom. The van der Waals surface area contributed by atoms with Crippen LogP contribution in [0.15, 0.2) is 16.4 Å². The first-order valence-electron chi connectivity index (χ1n) is 9.40. The molecule has 9 heteroatoms. The van der Waals surface area contributed by atoms with Crippen LogP contribution in [0.4, 0.5) is 4.79 Å². The van der Waals surface area contributed by atoms with E-state index < -0.39 is 10.5 Å². The summed E-state index contributed by atoms with van der Waals surface area (Å²) in [6.07, 6.45) is 4.23. The van der Waals surface area contributed by atoms with Crippen molar-refractivity contribution < 1.29 is 14.5 Å². The summed E-state index contributed by atoms with van der Waals surface area (Å²) in [5, 5.41) is 14.8. The van der Waals surface area contributed by atoms with Gasteiger partial charge in [-0.05, 0) is 46.5 Å². The lowest BCUT2D eigenvalue weighted by molar-refractivity contribution is -0.415. The Labute approximate surface area is 168 Å². The lowest BCUT2D eigenvalue weighted by Crippen LogP contribution is -2.38. The summed E-state index contributed by atoms with van der Waals surface area (Å²) < 4.78 is 5.39. The third-order valence-corrected chi connectivity index (χ3v) is 5.69. The maximum absolute atomic E-state index is 12.2. The molecule has 0 aromatic carbocycles. The van der Waals surface area contributed by atoms with Gasteiger partial charge in [-0.1, -0.05) is 22.9 Å². The second-order valence-corrected chi connectivity index (χ2v) is 9.15. The van der Waals surface area contributed by atoms with E-state index in [1.54, 1.807) is 4.90 Å². The minimum absolute atomic E-state index is 0.000168. The molecule has 0 spiro atoms. The number of allylic oxidation sites excluding steroid dienone is 2. The number of ether oxygens (including phenoxy) is 1. The van der Waals surface area contributed by atoms with E-state index in [0.717, 1.165) is 19.3 Å². The van der Waals surface area contributed by atoms with E-state index in [-0.39, 0.29) is 23.9 Å². The molecule has 8 nitrogen and oxygen atoms in total. The van der Waals surface area contributed by atoms with Gasteiger partial charge in [-0.25, -0.2) is 4.79 Å². The van der Waals surface area contributed by atoms with E-state index in [9.17, 15) is 14.9 Å². The molecule has 1 aliphatic heterocycles. The van der Waals surface area contributed by atoms with Crippen LogP contribution in [0.5, 0.6) is 0 Å². The quantitative estimate of drug-likeness (QED) is 0.292. The van der Waals surface area contributed by atoms with E-state index in [2.05, 4.69) is 26.2 Å². The lowest BCUT2D eigenvalue weighted by Gasteiger charge is -2.28. The van der Waals surface area contributed by atoms with Crippen LogP contribution < -0.4 is 5.32 Å². The number of hydrogen-bond donors (Lipinski definition) is 1. The normalized spacial score (nSPS) is 26.6. The highest BCUT2D eigenvalue weighted by Crippen LogP contribution is 2.30. The monoisotopic (exact) mass is 444 g/mol. The maximum atomic E-state index is 12.2. The van der Waals surface area contributed by atoms with Gasteiger partial charge in [-0.3, -0.25) is 15.1 Å². The Hall–Kier alpha value is -1.64. The minimum Gasteiger partial charge on any atom is -0.444 e.